The van der Waals surface area contributed by atoms with Gasteiger partial charge in [-0.1, -0.05) is 0 Å². The number of hydrogen-bond acceptors (Lipinski definition) is 6. The molecule has 4 heterocycles. The normalized spacial score (nSPS) is 17.5. The van der Waals surface area contributed by atoms with Crippen LogP contribution in [0.2, 0.25) is 0 Å². The molecule has 0 radical (unpaired) electrons. The molecule has 4 rings (SSSR count). The van der Waals surface area contributed by atoms with Crippen LogP contribution in [0, 0.1) is 0 Å². The Labute approximate surface area is 151 Å². The zero-order chi connectivity index (χ0) is 17.8. The Kier molecular flexibility index (Phi) is 4.79. The molecule has 0 aromatic carbocycles. The first-order valence-corrected chi connectivity index (χ1v) is 8.77. The Balaban J connectivity index is 1.53. The number of aromatic nitrogens is 5. The van der Waals surface area contributed by atoms with E-state index in [1.165, 1.54) is 0 Å². The van der Waals surface area contributed by atoms with Gasteiger partial charge in [-0.15, -0.1) is 0 Å². The van der Waals surface area contributed by atoms with Gasteiger partial charge in [0.2, 0.25) is 0 Å². The van der Waals surface area contributed by atoms with E-state index in [2.05, 4.69) is 25.0 Å². The highest BCUT2D eigenvalue weighted by Crippen LogP contribution is 2.21. The number of likely N-dealkylation sites (tertiary alicyclic amines) is 1. The first-order valence-electron chi connectivity index (χ1n) is 8.77. The minimum atomic E-state index is -0.0773. The lowest BCUT2D eigenvalue weighted by Gasteiger charge is -2.24. The third-order valence-electron chi connectivity index (χ3n) is 4.71. The molecule has 1 atom stereocenters. The predicted octanol–water partition coefficient (Wildman–Crippen LogP) is 1.76. The van der Waals surface area contributed by atoms with Crippen LogP contribution in [-0.4, -0.2) is 42.2 Å². The average Bonchev–Trinajstić information content (AvgIpc) is 3.12. The lowest BCUT2D eigenvalue weighted by molar-refractivity contribution is 0.214. The summed E-state index contributed by atoms with van der Waals surface area (Å²) in [5.74, 6) is 0. The van der Waals surface area contributed by atoms with Gasteiger partial charge < -0.3 is 0 Å². The van der Waals surface area contributed by atoms with Gasteiger partial charge in [0.05, 0.1) is 17.9 Å². The Bertz CT molecular complexity index is 912. The van der Waals surface area contributed by atoms with Crippen molar-refractivity contribution >= 4 is 0 Å². The van der Waals surface area contributed by atoms with E-state index in [1.807, 2.05) is 18.2 Å². The molecule has 26 heavy (non-hydrogen) atoms. The van der Waals surface area contributed by atoms with Crippen LogP contribution in [0.15, 0.2) is 60.0 Å². The van der Waals surface area contributed by atoms with Gasteiger partial charge in [0.1, 0.15) is 6.33 Å². The van der Waals surface area contributed by atoms with E-state index >= 15 is 0 Å². The zero-order valence-electron chi connectivity index (χ0n) is 14.4. The summed E-state index contributed by atoms with van der Waals surface area (Å²) in [6.07, 6.45) is 8.99. The SMILES string of the molecule is O=c1ccc(-c2cccnc2)nn1CC1CCCN1Cc1ccncn1. The molecule has 0 N–H and O–H groups in total. The molecule has 7 nitrogen and oxygen atoms in total. The molecule has 0 bridgehead atoms. The number of nitrogens with zero attached hydrogens (tertiary/aromatic N) is 6. The van der Waals surface area contributed by atoms with Crippen LogP contribution in [-0.2, 0) is 13.1 Å². The van der Waals surface area contributed by atoms with Crippen LogP contribution in [0.1, 0.15) is 18.5 Å². The van der Waals surface area contributed by atoms with Gasteiger partial charge in [0.25, 0.3) is 5.56 Å². The van der Waals surface area contributed by atoms with Crippen molar-refractivity contribution in [3.8, 4) is 11.3 Å². The van der Waals surface area contributed by atoms with Crippen molar-refractivity contribution in [1.29, 1.82) is 0 Å². The van der Waals surface area contributed by atoms with E-state index in [-0.39, 0.29) is 11.6 Å². The second-order valence-corrected chi connectivity index (χ2v) is 6.45. The highest BCUT2D eigenvalue weighted by atomic mass is 16.1. The maximum atomic E-state index is 12.3. The summed E-state index contributed by atoms with van der Waals surface area (Å²) in [6.45, 7) is 2.36. The van der Waals surface area contributed by atoms with Crippen molar-refractivity contribution in [2.75, 3.05) is 6.54 Å². The van der Waals surface area contributed by atoms with E-state index < -0.39 is 0 Å². The van der Waals surface area contributed by atoms with Crippen LogP contribution < -0.4 is 5.56 Å². The van der Waals surface area contributed by atoms with Crippen LogP contribution in [0.3, 0.4) is 0 Å². The monoisotopic (exact) mass is 348 g/mol. The molecule has 0 saturated carbocycles. The van der Waals surface area contributed by atoms with E-state index in [9.17, 15) is 4.79 Å². The van der Waals surface area contributed by atoms with Gasteiger partial charge in [-0.25, -0.2) is 14.6 Å². The van der Waals surface area contributed by atoms with Gasteiger partial charge in [-0.3, -0.25) is 14.7 Å². The Morgan fingerprint density at radius 1 is 1.12 bits per heavy atom. The number of rotatable bonds is 5. The van der Waals surface area contributed by atoms with Crippen molar-refractivity contribution in [2.45, 2.75) is 32.0 Å². The van der Waals surface area contributed by atoms with E-state index in [0.29, 0.717) is 6.54 Å². The molecule has 1 saturated heterocycles. The van der Waals surface area contributed by atoms with Crippen molar-refractivity contribution in [3.63, 3.8) is 0 Å². The molecule has 1 aliphatic rings. The predicted molar refractivity (Wildman–Crippen MR) is 97.2 cm³/mol. The van der Waals surface area contributed by atoms with Crippen molar-refractivity contribution in [2.24, 2.45) is 0 Å². The minimum Gasteiger partial charge on any atom is -0.293 e. The molecule has 0 spiro atoms. The van der Waals surface area contributed by atoms with Gasteiger partial charge in [-0.05, 0) is 43.7 Å². The summed E-state index contributed by atoms with van der Waals surface area (Å²) in [4.78, 5) is 27.1. The van der Waals surface area contributed by atoms with Gasteiger partial charge >= 0.3 is 0 Å². The first-order chi connectivity index (χ1) is 12.8. The molecule has 1 unspecified atom stereocenters. The molecule has 7 heteroatoms. The Hall–Kier alpha value is -2.93. The fourth-order valence-electron chi connectivity index (χ4n) is 3.38. The van der Waals surface area contributed by atoms with E-state index in [4.69, 9.17) is 0 Å². The third-order valence-corrected chi connectivity index (χ3v) is 4.71. The number of pyridine rings is 1. The summed E-state index contributed by atoms with van der Waals surface area (Å²) in [5, 5.41) is 4.56. The quantitative estimate of drug-likeness (QED) is 0.699. The summed E-state index contributed by atoms with van der Waals surface area (Å²) in [7, 11) is 0. The fraction of sp³-hybridized carbons (Fsp3) is 0.316. The van der Waals surface area contributed by atoms with Crippen LogP contribution in [0.4, 0.5) is 0 Å². The highest BCUT2D eigenvalue weighted by Gasteiger charge is 2.26. The molecule has 0 aliphatic carbocycles. The molecule has 1 aliphatic heterocycles. The molecule has 0 amide bonds. The van der Waals surface area contributed by atoms with Gasteiger partial charge in [0.15, 0.2) is 0 Å². The van der Waals surface area contributed by atoms with E-state index in [1.54, 1.807) is 41.7 Å². The average molecular weight is 348 g/mol. The molecule has 1 fully saturated rings. The van der Waals surface area contributed by atoms with Crippen molar-refractivity contribution < 1.29 is 0 Å². The highest BCUT2D eigenvalue weighted by molar-refractivity contribution is 5.56. The van der Waals surface area contributed by atoms with Crippen LogP contribution in [0.25, 0.3) is 11.3 Å². The molecule has 132 valence electrons. The summed E-state index contributed by atoms with van der Waals surface area (Å²) in [6, 6.07) is 9.36. The van der Waals surface area contributed by atoms with Gasteiger partial charge in [-0.2, -0.15) is 5.10 Å². The largest absolute Gasteiger partial charge is 0.293 e. The van der Waals surface area contributed by atoms with Crippen molar-refractivity contribution in [1.82, 2.24) is 29.6 Å². The van der Waals surface area contributed by atoms with Crippen LogP contribution >= 0.6 is 0 Å². The Morgan fingerprint density at radius 3 is 2.88 bits per heavy atom. The molecular weight excluding hydrogens is 328 g/mol. The standard InChI is InChI=1S/C19H20N6O/c26-19-6-5-18(15-3-1-8-20-11-15)23-25(19)13-17-4-2-10-24(17)12-16-7-9-21-14-22-16/h1,3,5-9,11,14,17H,2,4,10,12-13H2. The third kappa shape index (κ3) is 3.67. The molecular formula is C19H20N6O. The second kappa shape index (κ2) is 7.53. The van der Waals surface area contributed by atoms with E-state index in [0.717, 1.165) is 42.9 Å². The summed E-state index contributed by atoms with van der Waals surface area (Å²) < 4.78 is 1.57. The lowest BCUT2D eigenvalue weighted by Crippen LogP contribution is -2.36. The topological polar surface area (TPSA) is 76.8 Å². The summed E-state index contributed by atoms with van der Waals surface area (Å²) >= 11 is 0. The zero-order valence-corrected chi connectivity index (χ0v) is 14.4. The fourth-order valence-corrected chi connectivity index (χ4v) is 3.38. The molecule has 3 aromatic rings. The maximum Gasteiger partial charge on any atom is 0.266 e. The van der Waals surface area contributed by atoms with Crippen LogP contribution in [0.5, 0.6) is 0 Å². The number of hydrogen-bond donors (Lipinski definition) is 0. The smallest absolute Gasteiger partial charge is 0.266 e. The minimum absolute atomic E-state index is 0.0773. The van der Waals surface area contributed by atoms with Crippen molar-refractivity contribution in [3.05, 3.63) is 71.3 Å². The molecule has 3 aromatic heterocycles. The Morgan fingerprint density at radius 2 is 2.08 bits per heavy atom. The first kappa shape index (κ1) is 16.5. The van der Waals surface area contributed by atoms with Gasteiger partial charge in [0, 0.05) is 42.8 Å². The lowest BCUT2D eigenvalue weighted by atomic mass is 10.2. The second-order valence-electron chi connectivity index (χ2n) is 6.45. The summed E-state index contributed by atoms with van der Waals surface area (Å²) in [5.41, 5.74) is 2.59. The maximum absolute atomic E-state index is 12.3.